The Balaban J connectivity index is 1.34. The molecule has 202 valence electrons. The van der Waals surface area contributed by atoms with Crippen molar-refractivity contribution >= 4 is 39.5 Å². The topological polar surface area (TPSA) is 80.7 Å². The van der Waals surface area contributed by atoms with Crippen LogP contribution in [0.3, 0.4) is 0 Å². The van der Waals surface area contributed by atoms with Crippen LogP contribution < -0.4 is 5.32 Å². The molecule has 5 aromatic rings. The maximum Gasteiger partial charge on any atom is 0.251 e. The number of aromatic nitrogens is 1. The normalized spacial score (nSPS) is 15.0. The van der Waals surface area contributed by atoms with Crippen molar-refractivity contribution in [1.82, 2.24) is 15.2 Å². The van der Waals surface area contributed by atoms with Gasteiger partial charge in [0, 0.05) is 34.0 Å². The quantitative estimate of drug-likeness (QED) is 0.180. The van der Waals surface area contributed by atoms with E-state index >= 15 is 0 Å². The molecule has 0 radical (unpaired) electrons. The van der Waals surface area contributed by atoms with Gasteiger partial charge in [-0.3, -0.25) is 9.69 Å². The number of carbonyl (C=O) groups is 1. The summed E-state index contributed by atoms with van der Waals surface area (Å²) in [5.41, 5.74) is 6.53. The van der Waals surface area contributed by atoms with E-state index in [0.717, 1.165) is 47.4 Å². The van der Waals surface area contributed by atoms with E-state index in [-0.39, 0.29) is 17.8 Å². The number of amides is 1. The molecule has 6 rings (SSSR count). The fourth-order valence-electron chi connectivity index (χ4n) is 5.33. The van der Waals surface area contributed by atoms with Crippen molar-refractivity contribution in [2.24, 2.45) is 4.99 Å². The summed E-state index contributed by atoms with van der Waals surface area (Å²) >= 11 is 1.58. The van der Waals surface area contributed by atoms with Crippen molar-refractivity contribution in [3.8, 4) is 5.88 Å². The fourth-order valence-corrected chi connectivity index (χ4v) is 5.97. The van der Waals surface area contributed by atoms with Gasteiger partial charge in [0.15, 0.2) is 5.88 Å². The highest BCUT2D eigenvalue weighted by Gasteiger charge is 2.21. The number of fused-ring (bicyclic) bond motifs is 1. The fraction of sp³-hybridized carbons (Fsp3) is 0.212. The molecule has 1 amide bonds. The van der Waals surface area contributed by atoms with E-state index in [0.29, 0.717) is 16.8 Å². The van der Waals surface area contributed by atoms with Crippen LogP contribution in [0.15, 0.2) is 94.6 Å². The van der Waals surface area contributed by atoms with Gasteiger partial charge in [-0.2, -0.15) is 11.3 Å². The van der Waals surface area contributed by atoms with Crippen molar-refractivity contribution in [1.29, 1.82) is 0 Å². The highest BCUT2D eigenvalue weighted by molar-refractivity contribution is 7.08. The van der Waals surface area contributed by atoms with Crippen molar-refractivity contribution in [2.45, 2.75) is 32.4 Å². The third-order valence-corrected chi connectivity index (χ3v) is 8.18. The standard InChI is InChI=1S/C33H32N4O2S/c1-22(24-7-3-2-4-8-24)34-32(38)25-11-14-29-28(19-25)30(33(39)36-29)31(26-15-18-40-21-26)35-27-12-9-23(10-13-27)20-37-16-5-6-17-37/h2-4,7-15,18-19,21-22,36,39H,5-6,16-17,20H2,1H3,(H,34,38)/t22-/m1/s1. The van der Waals surface area contributed by atoms with Crippen LogP contribution in [0.2, 0.25) is 0 Å². The van der Waals surface area contributed by atoms with Crippen molar-refractivity contribution in [2.75, 3.05) is 13.1 Å². The van der Waals surface area contributed by atoms with Gasteiger partial charge in [-0.15, -0.1) is 0 Å². The smallest absolute Gasteiger partial charge is 0.251 e. The Bertz CT molecular complexity index is 1630. The van der Waals surface area contributed by atoms with Crippen molar-refractivity contribution in [3.63, 3.8) is 0 Å². The van der Waals surface area contributed by atoms with Crippen LogP contribution in [0.5, 0.6) is 5.88 Å². The highest BCUT2D eigenvalue weighted by Crippen LogP contribution is 2.33. The molecule has 40 heavy (non-hydrogen) atoms. The van der Waals surface area contributed by atoms with Crippen LogP contribution >= 0.6 is 11.3 Å². The lowest BCUT2D eigenvalue weighted by atomic mass is 10.0. The predicted octanol–water partition coefficient (Wildman–Crippen LogP) is 7.19. The Labute approximate surface area is 238 Å². The van der Waals surface area contributed by atoms with E-state index in [1.54, 1.807) is 17.4 Å². The lowest BCUT2D eigenvalue weighted by molar-refractivity contribution is 0.0940. The first-order chi connectivity index (χ1) is 19.5. The molecule has 0 unspecified atom stereocenters. The zero-order valence-electron chi connectivity index (χ0n) is 22.4. The molecule has 1 aliphatic rings. The van der Waals surface area contributed by atoms with Gasteiger partial charge in [-0.05, 0) is 85.8 Å². The summed E-state index contributed by atoms with van der Waals surface area (Å²) in [5.74, 6) is -0.145. The zero-order valence-corrected chi connectivity index (χ0v) is 23.2. The number of aliphatic imine (C=N–C) groups is 1. The average molecular weight is 549 g/mol. The zero-order chi connectivity index (χ0) is 27.5. The SMILES string of the molecule is C[C@@H](NC(=O)c1ccc2[nH]c(O)c(C(=Nc3ccc(CN4CCCC4)cc3)c3ccsc3)c2c1)c1ccccc1. The molecule has 7 heteroatoms. The summed E-state index contributed by atoms with van der Waals surface area (Å²) in [5, 5.41) is 18.9. The highest BCUT2D eigenvalue weighted by atomic mass is 32.1. The Morgan fingerprint density at radius 2 is 1.80 bits per heavy atom. The van der Waals surface area contributed by atoms with E-state index in [4.69, 9.17) is 4.99 Å². The number of hydrogen-bond donors (Lipinski definition) is 3. The van der Waals surface area contributed by atoms with Crippen molar-refractivity contribution < 1.29 is 9.90 Å². The summed E-state index contributed by atoms with van der Waals surface area (Å²) in [6.07, 6.45) is 2.55. The van der Waals surface area contributed by atoms with Gasteiger partial charge in [0.25, 0.3) is 5.91 Å². The lowest BCUT2D eigenvalue weighted by Crippen LogP contribution is -2.26. The Kier molecular flexibility index (Phi) is 7.49. The Morgan fingerprint density at radius 1 is 1.02 bits per heavy atom. The lowest BCUT2D eigenvalue weighted by Gasteiger charge is -2.14. The van der Waals surface area contributed by atoms with Gasteiger partial charge < -0.3 is 15.4 Å². The first-order valence-corrected chi connectivity index (χ1v) is 14.6. The van der Waals surface area contributed by atoms with E-state index in [1.807, 2.05) is 78.3 Å². The number of thiophene rings is 1. The third kappa shape index (κ3) is 5.57. The monoisotopic (exact) mass is 548 g/mol. The number of aromatic hydroxyl groups is 1. The third-order valence-electron chi connectivity index (χ3n) is 7.50. The van der Waals surface area contributed by atoms with Gasteiger partial charge >= 0.3 is 0 Å². The van der Waals surface area contributed by atoms with Gasteiger partial charge in [-0.25, -0.2) is 4.99 Å². The molecule has 0 aliphatic carbocycles. The second kappa shape index (κ2) is 11.5. The molecule has 1 aliphatic heterocycles. The molecule has 1 fully saturated rings. The predicted molar refractivity (Wildman–Crippen MR) is 163 cm³/mol. The second-order valence-corrected chi connectivity index (χ2v) is 11.1. The minimum atomic E-state index is -0.174. The molecule has 0 spiro atoms. The van der Waals surface area contributed by atoms with E-state index in [1.165, 1.54) is 18.4 Å². The largest absolute Gasteiger partial charge is 0.494 e. The number of carbonyl (C=O) groups excluding carboxylic acids is 1. The maximum absolute atomic E-state index is 13.2. The molecule has 0 bridgehead atoms. The number of rotatable bonds is 8. The minimum Gasteiger partial charge on any atom is -0.494 e. The number of aromatic amines is 1. The maximum atomic E-state index is 13.2. The summed E-state index contributed by atoms with van der Waals surface area (Å²) in [7, 11) is 0. The molecule has 0 saturated carbocycles. The summed E-state index contributed by atoms with van der Waals surface area (Å²) in [4.78, 5) is 23.8. The number of nitrogens with zero attached hydrogens (tertiary/aromatic N) is 2. The van der Waals surface area contributed by atoms with E-state index in [2.05, 4.69) is 27.3 Å². The summed E-state index contributed by atoms with van der Waals surface area (Å²) in [6.45, 7) is 5.25. The molecule has 1 atom stereocenters. The van der Waals surface area contributed by atoms with E-state index in [9.17, 15) is 9.90 Å². The van der Waals surface area contributed by atoms with Gasteiger partial charge in [0.2, 0.25) is 0 Å². The second-order valence-electron chi connectivity index (χ2n) is 10.3. The number of hydrogen-bond acceptors (Lipinski definition) is 5. The van der Waals surface area contributed by atoms with Crippen LogP contribution in [-0.4, -0.2) is 39.7 Å². The average Bonchev–Trinajstić information content (AvgIpc) is 3.75. The number of benzene rings is 3. The molecule has 3 N–H and O–H groups in total. The molecule has 6 nitrogen and oxygen atoms in total. The minimum absolute atomic E-state index is 0.0285. The van der Waals surface area contributed by atoms with Crippen LogP contribution in [-0.2, 0) is 6.54 Å². The molecule has 3 aromatic carbocycles. The number of H-pyrrole nitrogens is 1. The van der Waals surface area contributed by atoms with Crippen LogP contribution in [0, 0.1) is 0 Å². The summed E-state index contributed by atoms with van der Waals surface area (Å²) < 4.78 is 0. The molecule has 1 saturated heterocycles. The van der Waals surface area contributed by atoms with Crippen molar-refractivity contribution in [3.05, 3.63) is 117 Å². The molecule has 2 aromatic heterocycles. The molecular weight excluding hydrogens is 516 g/mol. The van der Waals surface area contributed by atoms with Gasteiger partial charge in [-0.1, -0.05) is 42.5 Å². The van der Waals surface area contributed by atoms with Crippen LogP contribution in [0.1, 0.15) is 58.4 Å². The molecular formula is C33H32N4O2S. The number of nitrogens with one attached hydrogen (secondary N) is 2. The molecule has 3 heterocycles. The first-order valence-electron chi connectivity index (χ1n) is 13.7. The van der Waals surface area contributed by atoms with Crippen LogP contribution in [0.4, 0.5) is 5.69 Å². The van der Waals surface area contributed by atoms with E-state index < -0.39 is 0 Å². The van der Waals surface area contributed by atoms with Gasteiger partial charge in [0.1, 0.15) is 0 Å². The summed E-state index contributed by atoms with van der Waals surface area (Å²) in [6, 6.07) is 25.5. The Morgan fingerprint density at radius 3 is 2.52 bits per heavy atom. The first kappa shape index (κ1) is 26.0. The van der Waals surface area contributed by atoms with Crippen LogP contribution in [0.25, 0.3) is 10.9 Å². The van der Waals surface area contributed by atoms with Gasteiger partial charge in [0.05, 0.1) is 23.0 Å². The number of likely N-dealkylation sites (tertiary alicyclic amines) is 1. The Hall–Kier alpha value is -4.20.